The normalized spacial score (nSPS) is 11.7. The number of rotatable bonds is 7. The minimum absolute atomic E-state index is 0.244. The fraction of sp³-hybridized carbons (Fsp3) is 0.143. The lowest BCUT2D eigenvalue weighted by molar-refractivity contribution is 0.570. The second-order valence-electron chi connectivity index (χ2n) is 6.90. The highest BCUT2D eigenvalue weighted by molar-refractivity contribution is 7.92. The van der Waals surface area contributed by atoms with Crippen molar-refractivity contribution in [1.29, 1.82) is 0 Å². The molecule has 0 unspecified atom stereocenters. The summed E-state index contributed by atoms with van der Waals surface area (Å²) in [7, 11) is -4.32. The molecule has 10 heteroatoms. The number of halogens is 2. The van der Waals surface area contributed by atoms with Crippen LogP contribution in [-0.4, -0.2) is 29.7 Å². The van der Waals surface area contributed by atoms with E-state index in [1.807, 2.05) is 24.3 Å². The van der Waals surface area contributed by atoms with Gasteiger partial charge >= 0.3 is 0 Å². The van der Waals surface area contributed by atoms with E-state index < -0.39 is 26.7 Å². The van der Waals surface area contributed by atoms with E-state index >= 15 is 0 Å². The fourth-order valence-electron chi connectivity index (χ4n) is 3.34. The molecule has 4 aromatic rings. The molecule has 0 spiro atoms. The average molecular weight is 443 g/mol. The van der Waals surface area contributed by atoms with Crippen molar-refractivity contribution in [3.8, 4) is 0 Å². The van der Waals surface area contributed by atoms with Gasteiger partial charge in [0, 0.05) is 11.5 Å². The topological polar surface area (TPSA) is 103 Å². The standard InChI is InChI=1S/C21H19F2N5O2S/c22-17-11-18-16(10-19(17)31(29,30)27-21-7-3-6-20(23)26-21)12-25-28(18)13-15-5-2-1-4-14(15)8-9-24/h1-7,10-12H,8-9,13,24H2,(H,26,27). The Morgan fingerprint density at radius 1 is 1.03 bits per heavy atom. The van der Waals surface area contributed by atoms with E-state index in [1.54, 1.807) is 4.68 Å². The highest BCUT2D eigenvalue weighted by Gasteiger charge is 2.22. The number of anilines is 1. The maximum Gasteiger partial charge on any atom is 0.265 e. The van der Waals surface area contributed by atoms with E-state index in [2.05, 4.69) is 14.8 Å². The van der Waals surface area contributed by atoms with E-state index in [1.165, 1.54) is 24.4 Å². The second kappa shape index (κ2) is 8.40. The zero-order valence-electron chi connectivity index (χ0n) is 16.3. The van der Waals surface area contributed by atoms with Crippen LogP contribution >= 0.6 is 0 Å². The largest absolute Gasteiger partial charge is 0.330 e. The molecule has 0 aliphatic heterocycles. The minimum Gasteiger partial charge on any atom is -0.330 e. The number of pyridine rings is 1. The van der Waals surface area contributed by atoms with E-state index in [9.17, 15) is 17.2 Å². The van der Waals surface area contributed by atoms with Gasteiger partial charge < -0.3 is 5.73 Å². The van der Waals surface area contributed by atoms with Gasteiger partial charge in [0.25, 0.3) is 10.0 Å². The zero-order valence-corrected chi connectivity index (χ0v) is 17.1. The van der Waals surface area contributed by atoms with Gasteiger partial charge in [-0.05, 0) is 42.3 Å². The zero-order chi connectivity index (χ0) is 22.0. The summed E-state index contributed by atoms with van der Waals surface area (Å²) in [6, 6.07) is 13.7. The predicted octanol–water partition coefficient (Wildman–Crippen LogP) is 3.06. The number of aromatic nitrogens is 3. The lowest BCUT2D eigenvalue weighted by Crippen LogP contribution is -2.16. The van der Waals surface area contributed by atoms with E-state index in [0.29, 0.717) is 30.4 Å². The molecule has 3 N–H and O–H groups in total. The van der Waals surface area contributed by atoms with Crippen LogP contribution < -0.4 is 10.5 Å². The fourth-order valence-corrected chi connectivity index (χ4v) is 4.44. The van der Waals surface area contributed by atoms with Gasteiger partial charge in [-0.25, -0.2) is 17.8 Å². The monoisotopic (exact) mass is 443 g/mol. The van der Waals surface area contributed by atoms with Crippen LogP contribution in [0, 0.1) is 11.8 Å². The molecule has 0 amide bonds. The summed E-state index contributed by atoms with van der Waals surface area (Å²) in [4.78, 5) is 2.87. The van der Waals surface area contributed by atoms with Crippen molar-refractivity contribution >= 4 is 26.7 Å². The van der Waals surface area contributed by atoms with Gasteiger partial charge in [-0.2, -0.15) is 9.49 Å². The van der Waals surface area contributed by atoms with Crippen molar-refractivity contribution < 1.29 is 17.2 Å². The van der Waals surface area contributed by atoms with Crippen molar-refractivity contribution in [1.82, 2.24) is 14.8 Å². The van der Waals surface area contributed by atoms with Crippen LogP contribution in [-0.2, 0) is 23.0 Å². The molecular formula is C21H19F2N5O2S. The van der Waals surface area contributed by atoms with Crippen LogP contribution in [0.25, 0.3) is 10.9 Å². The first-order valence-corrected chi connectivity index (χ1v) is 10.9. The van der Waals surface area contributed by atoms with E-state index in [-0.39, 0.29) is 5.82 Å². The maximum absolute atomic E-state index is 14.8. The van der Waals surface area contributed by atoms with Crippen LogP contribution in [0.4, 0.5) is 14.6 Å². The molecule has 2 aromatic heterocycles. The van der Waals surface area contributed by atoms with E-state index in [4.69, 9.17) is 5.73 Å². The highest BCUT2D eigenvalue weighted by atomic mass is 32.2. The molecule has 0 bridgehead atoms. The second-order valence-corrected chi connectivity index (χ2v) is 8.55. The number of nitrogens with zero attached hydrogens (tertiary/aromatic N) is 3. The molecule has 2 heterocycles. The van der Waals surface area contributed by atoms with Gasteiger partial charge in [0.15, 0.2) is 0 Å². The molecule has 0 aliphatic carbocycles. The third-order valence-electron chi connectivity index (χ3n) is 4.79. The molecule has 0 aliphatic rings. The van der Waals surface area contributed by atoms with Gasteiger partial charge in [0.1, 0.15) is 16.5 Å². The summed E-state index contributed by atoms with van der Waals surface area (Å²) in [6.45, 7) is 0.885. The van der Waals surface area contributed by atoms with Gasteiger partial charge in [-0.3, -0.25) is 9.40 Å². The summed E-state index contributed by atoms with van der Waals surface area (Å²) >= 11 is 0. The van der Waals surface area contributed by atoms with Crippen molar-refractivity contribution in [3.63, 3.8) is 0 Å². The number of hydrogen-bond acceptors (Lipinski definition) is 5. The first-order chi connectivity index (χ1) is 14.9. The summed E-state index contributed by atoms with van der Waals surface area (Å²) < 4.78 is 57.0. The summed E-state index contributed by atoms with van der Waals surface area (Å²) in [5, 5.41) is 4.74. The summed E-state index contributed by atoms with van der Waals surface area (Å²) in [6.07, 6.45) is 2.17. The molecule has 7 nitrogen and oxygen atoms in total. The summed E-state index contributed by atoms with van der Waals surface area (Å²) in [5.41, 5.74) is 8.19. The Morgan fingerprint density at radius 3 is 2.55 bits per heavy atom. The Bertz CT molecular complexity index is 1360. The Hall–Kier alpha value is -3.37. The van der Waals surface area contributed by atoms with Gasteiger partial charge in [-0.15, -0.1) is 0 Å². The van der Waals surface area contributed by atoms with Crippen LogP contribution in [0.5, 0.6) is 0 Å². The van der Waals surface area contributed by atoms with Crippen LogP contribution in [0.2, 0.25) is 0 Å². The Morgan fingerprint density at radius 2 is 1.81 bits per heavy atom. The van der Waals surface area contributed by atoms with Crippen molar-refractivity contribution in [2.45, 2.75) is 17.9 Å². The van der Waals surface area contributed by atoms with Gasteiger partial charge in [-0.1, -0.05) is 30.3 Å². The van der Waals surface area contributed by atoms with Crippen molar-refractivity contribution in [2.24, 2.45) is 5.73 Å². The highest BCUT2D eigenvalue weighted by Crippen LogP contribution is 2.25. The number of sulfonamides is 1. The number of hydrogen-bond donors (Lipinski definition) is 2. The number of nitrogens with two attached hydrogens (primary N) is 1. The van der Waals surface area contributed by atoms with Crippen LogP contribution in [0.3, 0.4) is 0 Å². The SMILES string of the molecule is NCCc1ccccc1Cn1ncc2cc(S(=O)(=O)Nc3cccc(F)n3)c(F)cc21. The maximum atomic E-state index is 14.8. The van der Waals surface area contributed by atoms with Crippen molar-refractivity contribution in [2.75, 3.05) is 11.3 Å². The number of nitrogens with one attached hydrogen (secondary N) is 1. The minimum atomic E-state index is -4.32. The van der Waals surface area contributed by atoms with Gasteiger partial charge in [0.2, 0.25) is 5.95 Å². The first kappa shape index (κ1) is 20.9. The number of benzene rings is 2. The average Bonchev–Trinajstić information content (AvgIpc) is 3.10. The lowest BCUT2D eigenvalue weighted by atomic mass is 10.0. The first-order valence-electron chi connectivity index (χ1n) is 9.44. The molecule has 4 rings (SSSR count). The molecule has 160 valence electrons. The Labute approximate surface area is 177 Å². The van der Waals surface area contributed by atoms with Crippen LogP contribution in [0.1, 0.15) is 11.1 Å². The molecule has 0 saturated heterocycles. The molecule has 0 fully saturated rings. The molecule has 2 aromatic carbocycles. The lowest BCUT2D eigenvalue weighted by Gasteiger charge is -2.11. The Balaban J connectivity index is 1.68. The smallest absolute Gasteiger partial charge is 0.265 e. The third kappa shape index (κ3) is 4.39. The third-order valence-corrected chi connectivity index (χ3v) is 6.16. The number of fused-ring (bicyclic) bond motifs is 1. The predicted molar refractivity (Wildman–Crippen MR) is 113 cm³/mol. The van der Waals surface area contributed by atoms with Crippen molar-refractivity contribution in [3.05, 3.63) is 83.7 Å². The molecule has 0 radical (unpaired) electrons. The van der Waals surface area contributed by atoms with Crippen LogP contribution in [0.15, 0.2) is 65.7 Å². The summed E-state index contributed by atoms with van der Waals surface area (Å²) in [5.74, 6) is -2.05. The van der Waals surface area contributed by atoms with Gasteiger partial charge in [0.05, 0.1) is 18.3 Å². The van der Waals surface area contributed by atoms with E-state index in [0.717, 1.165) is 23.3 Å². The Kier molecular flexibility index (Phi) is 5.66. The molecule has 0 atom stereocenters. The molecule has 0 saturated carbocycles. The molecule has 31 heavy (non-hydrogen) atoms. The molecular weight excluding hydrogens is 424 g/mol. The quantitative estimate of drug-likeness (QED) is 0.428.